The number of ether oxygens (including phenoxy) is 1. The predicted octanol–water partition coefficient (Wildman–Crippen LogP) is 22.4. The molecular formula is C76H134N6O4S. The molecule has 0 saturated heterocycles. The molecule has 0 radical (unpaired) electrons. The molecule has 11 heteroatoms. The van der Waals surface area contributed by atoms with E-state index in [0.29, 0.717) is 60.2 Å². The number of nitrogens with zero attached hydrogens (tertiary/aromatic N) is 3. The van der Waals surface area contributed by atoms with Gasteiger partial charge in [-0.1, -0.05) is 248 Å². The van der Waals surface area contributed by atoms with Crippen molar-refractivity contribution in [3.05, 3.63) is 140 Å². The number of aromatic nitrogens is 3. The molecule has 0 bridgehead atoms. The second-order valence-corrected chi connectivity index (χ2v) is 25.1. The minimum atomic E-state index is -0.0684. The van der Waals surface area contributed by atoms with Crippen LogP contribution in [0, 0.1) is 11.8 Å². The van der Waals surface area contributed by atoms with Crippen LogP contribution < -0.4 is 20.7 Å². The number of rotatable bonds is 18. The van der Waals surface area contributed by atoms with Crippen LogP contribution in [0.15, 0.2) is 90.7 Å². The van der Waals surface area contributed by atoms with Gasteiger partial charge in [-0.15, -0.1) is 11.3 Å². The summed E-state index contributed by atoms with van der Waals surface area (Å²) in [7, 11) is 1.84. The van der Waals surface area contributed by atoms with Gasteiger partial charge in [-0.2, -0.15) is 5.10 Å². The molecule has 0 fully saturated rings. The molecular weight excluding hydrogens is 1090 g/mol. The van der Waals surface area contributed by atoms with Crippen molar-refractivity contribution in [2.24, 2.45) is 18.9 Å². The van der Waals surface area contributed by atoms with Crippen molar-refractivity contribution in [3.63, 3.8) is 0 Å². The third-order valence-corrected chi connectivity index (χ3v) is 11.9. The number of carbonyl (C=O) groups is 3. The average Bonchev–Trinajstić information content (AvgIpc) is 4.35. The van der Waals surface area contributed by atoms with Crippen LogP contribution >= 0.6 is 11.3 Å². The van der Waals surface area contributed by atoms with Crippen LogP contribution in [0.3, 0.4) is 0 Å². The first-order chi connectivity index (χ1) is 41.0. The molecule has 10 nitrogen and oxygen atoms in total. The number of allylic oxidation sites excluding steroid dienone is 1. The van der Waals surface area contributed by atoms with E-state index < -0.39 is 0 Å². The molecule has 3 N–H and O–H groups in total. The van der Waals surface area contributed by atoms with Gasteiger partial charge >= 0.3 is 0 Å². The highest BCUT2D eigenvalue weighted by Crippen LogP contribution is 2.28. The van der Waals surface area contributed by atoms with E-state index in [0.717, 1.165) is 53.0 Å². The Bertz CT molecular complexity index is 2420. The van der Waals surface area contributed by atoms with Crippen molar-refractivity contribution in [2.45, 2.75) is 274 Å². The zero-order chi connectivity index (χ0) is 68.0. The van der Waals surface area contributed by atoms with Gasteiger partial charge < -0.3 is 20.7 Å². The van der Waals surface area contributed by atoms with Crippen molar-refractivity contribution in [2.75, 3.05) is 19.7 Å². The fourth-order valence-corrected chi connectivity index (χ4v) is 7.98. The molecule has 5 aromatic rings. The quantitative estimate of drug-likeness (QED) is 0.0802. The first-order valence-electron chi connectivity index (χ1n) is 33.4. The van der Waals surface area contributed by atoms with E-state index >= 15 is 0 Å². The number of hydrogen-bond donors (Lipinski definition) is 3. The Kier molecular flexibility index (Phi) is 60.3. The lowest BCUT2D eigenvalue weighted by molar-refractivity contribution is 0.0935. The summed E-state index contributed by atoms with van der Waals surface area (Å²) in [4.78, 5) is 40.7. The van der Waals surface area contributed by atoms with Gasteiger partial charge in [0.25, 0.3) is 17.7 Å². The summed E-state index contributed by atoms with van der Waals surface area (Å²) < 4.78 is 7.50. The molecule has 5 rings (SSSR count). The molecule has 3 amide bonds. The van der Waals surface area contributed by atoms with E-state index in [4.69, 9.17) is 4.74 Å². The molecule has 3 aromatic heterocycles. The monoisotopic (exact) mass is 1230 g/mol. The highest BCUT2D eigenvalue weighted by molar-refractivity contribution is 7.11. The predicted molar refractivity (Wildman–Crippen MR) is 387 cm³/mol. The van der Waals surface area contributed by atoms with Crippen LogP contribution in [-0.4, -0.2) is 58.2 Å². The molecule has 0 aliphatic carbocycles. The smallest absolute Gasteiger partial charge is 0.272 e. The van der Waals surface area contributed by atoms with E-state index in [-0.39, 0.29) is 23.8 Å². The number of thiophene rings is 1. The zero-order valence-corrected chi connectivity index (χ0v) is 62.1. The summed E-state index contributed by atoms with van der Waals surface area (Å²) in [5.41, 5.74) is 7.97. The number of para-hydroxylation sites is 1. The highest BCUT2D eigenvalue weighted by atomic mass is 32.1. The van der Waals surface area contributed by atoms with Crippen molar-refractivity contribution in [3.8, 4) is 5.75 Å². The molecule has 498 valence electrons. The van der Waals surface area contributed by atoms with E-state index in [2.05, 4.69) is 234 Å². The van der Waals surface area contributed by atoms with Gasteiger partial charge in [-0.25, -0.2) is 0 Å². The van der Waals surface area contributed by atoms with Gasteiger partial charge in [0.1, 0.15) is 5.75 Å². The van der Waals surface area contributed by atoms with Crippen molar-refractivity contribution >= 4 is 35.1 Å². The molecule has 0 aliphatic rings. The van der Waals surface area contributed by atoms with Gasteiger partial charge in [0, 0.05) is 66.3 Å². The Morgan fingerprint density at radius 1 is 0.552 bits per heavy atom. The third kappa shape index (κ3) is 46.3. The van der Waals surface area contributed by atoms with Crippen LogP contribution in [-0.2, 0) is 7.05 Å². The minimum Gasteiger partial charge on any atom is -0.493 e. The van der Waals surface area contributed by atoms with Crippen molar-refractivity contribution in [1.82, 2.24) is 30.7 Å². The van der Waals surface area contributed by atoms with Crippen LogP contribution in [0.5, 0.6) is 5.75 Å². The van der Waals surface area contributed by atoms with Gasteiger partial charge in [0.15, 0.2) is 5.69 Å². The Balaban J connectivity index is -0.000000304. The average molecular weight is 1230 g/mol. The second-order valence-electron chi connectivity index (χ2n) is 24.1. The van der Waals surface area contributed by atoms with Crippen molar-refractivity contribution in [1.29, 1.82) is 0 Å². The number of nitrogens with one attached hydrogen (secondary N) is 3. The van der Waals surface area contributed by atoms with Gasteiger partial charge in [-0.05, 0) is 133 Å². The second kappa shape index (κ2) is 58.2. The Morgan fingerprint density at radius 3 is 1.47 bits per heavy atom. The van der Waals surface area contributed by atoms with Crippen LogP contribution in [0.25, 0.3) is 6.08 Å². The van der Waals surface area contributed by atoms with Crippen molar-refractivity contribution < 1.29 is 19.1 Å². The van der Waals surface area contributed by atoms with Gasteiger partial charge in [0.05, 0.1) is 6.61 Å². The molecule has 3 heterocycles. The number of pyridine rings is 1. The summed E-state index contributed by atoms with van der Waals surface area (Å²) in [6, 6.07) is 20.3. The van der Waals surface area contributed by atoms with E-state index in [1.54, 1.807) is 23.1 Å². The summed E-state index contributed by atoms with van der Waals surface area (Å²) in [5.74, 6) is 4.51. The zero-order valence-electron chi connectivity index (χ0n) is 61.3. The maximum atomic E-state index is 11.9. The SMILES string of the molecule is CC(C)/C=C/c1sccc1C(C)C.CC(C)CCOc1ccccc1C(C)C.CC(C)NC(=O)c1ccccc1C(C)C.CCC.CCC.CCC.CCC.CCC.CCCNC(=O)c1nn(C)cc1C(C)C.CCNC(=O)c1ccncc1C(C)C. The highest BCUT2D eigenvalue weighted by Gasteiger charge is 2.18. The Morgan fingerprint density at radius 2 is 1.02 bits per heavy atom. The summed E-state index contributed by atoms with van der Waals surface area (Å²) in [6.07, 6.45) is 18.1. The van der Waals surface area contributed by atoms with E-state index in [1.165, 1.54) is 48.1 Å². The van der Waals surface area contributed by atoms with Crippen LogP contribution in [0.4, 0.5) is 0 Å². The van der Waals surface area contributed by atoms with Gasteiger partial charge in [0.2, 0.25) is 0 Å². The Labute approximate surface area is 541 Å². The van der Waals surface area contributed by atoms with E-state index in [9.17, 15) is 14.4 Å². The molecule has 0 spiro atoms. The largest absolute Gasteiger partial charge is 0.493 e. The fourth-order valence-electron chi connectivity index (χ4n) is 7.02. The van der Waals surface area contributed by atoms with E-state index in [1.807, 2.05) is 82.6 Å². The maximum absolute atomic E-state index is 11.9. The lowest BCUT2D eigenvalue weighted by atomic mass is 9.97. The standard InChI is InChI=1S/C14H22O.C13H19NO.C12H18S.C11H19N3O.C11H16N2O.5C3H8/c1-11(2)9-10-15-14-8-6-5-7-13(14)12(3)4;1-9(2)11-7-5-6-8-12(11)13(15)14-10(3)4;1-9(2)5-6-12-11(10(3)4)7-8-13-12;1-5-6-12-11(15)10-9(8(2)3)7-14(4)13-10;1-4-13-11(14)9-5-6-12-7-10(9)8(2)3;5*1-3-2/h5-8,11-12H,9-10H2,1-4H3;5-10H,1-4H3,(H,14,15);5-10H,1-4H3;7-8H,5-6H2,1-4H3,(H,12,15);5-8H,4H2,1-3H3,(H,13,14);5*3H2,1-2H3/b;;6-5+;;;;;;;. The van der Waals surface area contributed by atoms with Gasteiger partial charge in [-0.3, -0.25) is 24.0 Å². The van der Waals surface area contributed by atoms with Crippen LogP contribution in [0.1, 0.15) is 332 Å². The number of carbonyl (C=O) groups excluding carboxylic acids is 3. The first kappa shape index (κ1) is 90.2. The fraction of sp³-hybridized carbons (Fsp3) is 0.618. The molecule has 0 aliphatic heterocycles. The summed E-state index contributed by atoms with van der Waals surface area (Å²) in [5, 5.41) is 14.9. The number of aryl methyl sites for hydroxylation is 1. The number of hydrogen-bond acceptors (Lipinski definition) is 7. The normalized spacial score (nSPS) is 10.1. The van der Waals surface area contributed by atoms with Crippen LogP contribution in [0.2, 0.25) is 0 Å². The number of amides is 3. The molecule has 0 saturated carbocycles. The third-order valence-electron chi connectivity index (χ3n) is 11.0. The summed E-state index contributed by atoms with van der Waals surface area (Å²) >= 11 is 1.83. The molecule has 0 unspecified atom stereocenters. The minimum absolute atomic E-state index is 0.0152. The number of benzene rings is 2. The molecule has 2 aromatic carbocycles. The molecule has 87 heavy (non-hydrogen) atoms. The first-order valence-corrected chi connectivity index (χ1v) is 34.3. The Hall–Kier alpha value is -5.55. The molecule has 0 atom stereocenters. The lowest BCUT2D eigenvalue weighted by Crippen LogP contribution is -2.30. The maximum Gasteiger partial charge on any atom is 0.272 e. The lowest BCUT2D eigenvalue weighted by Gasteiger charge is -2.14. The summed E-state index contributed by atoms with van der Waals surface area (Å²) in [6.45, 7) is 61.5. The topological polar surface area (TPSA) is 127 Å².